The van der Waals surface area contributed by atoms with Gasteiger partial charge in [-0.15, -0.1) is 10.2 Å². The zero-order valence-corrected chi connectivity index (χ0v) is 15.9. The number of aromatic amines is 1. The first-order valence-corrected chi connectivity index (χ1v) is 9.63. The number of H-pyrrole nitrogens is 1. The van der Waals surface area contributed by atoms with Crippen molar-refractivity contribution >= 4 is 27.4 Å². The summed E-state index contributed by atoms with van der Waals surface area (Å²) in [5.74, 6) is 0. The number of halogens is 3. The predicted molar refractivity (Wildman–Crippen MR) is 107 cm³/mol. The standard InChI is InChI=1S/C19H17F3N6S/c20-19(21,22)14-3-1-2-11(6-14)7-15(23)10-24-18-28-27-17(29-18)12-4-5-16-13(8-12)9-25-26-16/h1-6,8-9,15H,7,10,23H2,(H,24,28)(H,25,26)/t15-/m0/s1. The Morgan fingerprint density at radius 3 is 2.83 bits per heavy atom. The van der Waals surface area contributed by atoms with Crippen LogP contribution in [-0.2, 0) is 12.6 Å². The van der Waals surface area contributed by atoms with Gasteiger partial charge in [-0.3, -0.25) is 5.10 Å². The zero-order chi connectivity index (χ0) is 20.4. The zero-order valence-electron chi connectivity index (χ0n) is 15.1. The lowest BCUT2D eigenvalue weighted by molar-refractivity contribution is -0.137. The number of rotatable bonds is 6. The first kappa shape index (κ1) is 19.3. The van der Waals surface area contributed by atoms with Crippen LogP contribution in [0.2, 0.25) is 0 Å². The molecule has 0 fully saturated rings. The maximum absolute atomic E-state index is 12.8. The van der Waals surface area contributed by atoms with Gasteiger partial charge in [0.25, 0.3) is 0 Å². The van der Waals surface area contributed by atoms with Crippen LogP contribution in [0, 0.1) is 0 Å². The minimum absolute atomic E-state index is 0.319. The summed E-state index contributed by atoms with van der Waals surface area (Å²) in [6, 6.07) is 10.7. The van der Waals surface area contributed by atoms with E-state index in [1.807, 2.05) is 18.2 Å². The van der Waals surface area contributed by atoms with Gasteiger partial charge >= 0.3 is 6.18 Å². The Morgan fingerprint density at radius 2 is 2.00 bits per heavy atom. The molecule has 2 aromatic heterocycles. The molecule has 4 N–H and O–H groups in total. The number of anilines is 1. The lowest BCUT2D eigenvalue weighted by Crippen LogP contribution is -2.31. The molecule has 0 saturated carbocycles. The van der Waals surface area contributed by atoms with Crippen molar-refractivity contribution in [2.75, 3.05) is 11.9 Å². The van der Waals surface area contributed by atoms with Gasteiger partial charge in [-0.05, 0) is 36.2 Å². The lowest BCUT2D eigenvalue weighted by atomic mass is 10.0. The fraction of sp³-hybridized carbons (Fsp3) is 0.211. The largest absolute Gasteiger partial charge is 0.416 e. The molecule has 150 valence electrons. The van der Waals surface area contributed by atoms with E-state index in [1.54, 1.807) is 12.3 Å². The van der Waals surface area contributed by atoms with Crippen LogP contribution >= 0.6 is 11.3 Å². The summed E-state index contributed by atoms with van der Waals surface area (Å²) in [6.07, 6.45) is -2.30. The Bertz CT molecular complexity index is 1120. The van der Waals surface area contributed by atoms with Crippen LogP contribution < -0.4 is 11.1 Å². The van der Waals surface area contributed by atoms with E-state index in [9.17, 15) is 13.2 Å². The van der Waals surface area contributed by atoms with E-state index in [0.29, 0.717) is 23.7 Å². The Balaban J connectivity index is 1.37. The number of fused-ring (bicyclic) bond motifs is 1. The molecule has 0 saturated heterocycles. The van der Waals surface area contributed by atoms with Crippen LogP contribution in [0.25, 0.3) is 21.5 Å². The first-order valence-electron chi connectivity index (χ1n) is 8.81. The van der Waals surface area contributed by atoms with Crippen LogP contribution in [0.3, 0.4) is 0 Å². The van der Waals surface area contributed by atoms with Crippen LogP contribution in [0.4, 0.5) is 18.3 Å². The third-order valence-electron chi connectivity index (χ3n) is 4.38. The van der Waals surface area contributed by atoms with Crippen LogP contribution in [0.5, 0.6) is 0 Å². The summed E-state index contributed by atoms with van der Waals surface area (Å²) in [4.78, 5) is 0. The molecule has 4 aromatic rings. The van der Waals surface area contributed by atoms with Gasteiger partial charge in [0.2, 0.25) is 5.13 Å². The highest BCUT2D eigenvalue weighted by Gasteiger charge is 2.30. The fourth-order valence-corrected chi connectivity index (χ4v) is 3.70. The predicted octanol–water partition coefficient (Wildman–Crippen LogP) is 4.08. The molecule has 10 heteroatoms. The highest BCUT2D eigenvalue weighted by atomic mass is 32.1. The van der Waals surface area contributed by atoms with Crippen molar-refractivity contribution in [1.82, 2.24) is 20.4 Å². The minimum atomic E-state index is -4.36. The number of nitrogens with zero attached hydrogens (tertiary/aromatic N) is 3. The van der Waals surface area contributed by atoms with E-state index in [2.05, 4.69) is 25.7 Å². The normalized spacial score (nSPS) is 13.0. The number of alkyl halides is 3. The number of benzene rings is 2. The van der Waals surface area contributed by atoms with Crippen molar-refractivity contribution in [3.63, 3.8) is 0 Å². The Kier molecular flexibility index (Phi) is 5.20. The maximum Gasteiger partial charge on any atom is 0.416 e. The first-order chi connectivity index (χ1) is 13.9. The number of hydrogen-bond donors (Lipinski definition) is 3. The van der Waals surface area contributed by atoms with Crippen molar-refractivity contribution in [1.29, 1.82) is 0 Å². The van der Waals surface area contributed by atoms with E-state index in [0.717, 1.165) is 33.6 Å². The third-order valence-corrected chi connectivity index (χ3v) is 5.31. The topological polar surface area (TPSA) is 92.5 Å². The Morgan fingerprint density at radius 1 is 1.14 bits per heavy atom. The molecule has 6 nitrogen and oxygen atoms in total. The third kappa shape index (κ3) is 4.54. The van der Waals surface area contributed by atoms with Crippen molar-refractivity contribution in [2.24, 2.45) is 5.73 Å². The lowest BCUT2D eigenvalue weighted by Gasteiger charge is -2.13. The molecular weight excluding hydrogens is 401 g/mol. The van der Waals surface area contributed by atoms with Crippen molar-refractivity contribution in [2.45, 2.75) is 18.6 Å². The molecule has 0 bridgehead atoms. The molecule has 1 atom stereocenters. The number of nitrogens with two attached hydrogens (primary N) is 1. The van der Waals surface area contributed by atoms with E-state index in [4.69, 9.17) is 5.73 Å². The number of aromatic nitrogens is 4. The van der Waals surface area contributed by atoms with Gasteiger partial charge in [-0.2, -0.15) is 18.3 Å². The summed E-state index contributed by atoms with van der Waals surface area (Å²) in [5.41, 5.74) is 7.83. The van der Waals surface area contributed by atoms with Gasteiger partial charge in [0.05, 0.1) is 17.3 Å². The molecule has 0 aliphatic rings. The highest BCUT2D eigenvalue weighted by molar-refractivity contribution is 7.18. The highest BCUT2D eigenvalue weighted by Crippen LogP contribution is 2.30. The van der Waals surface area contributed by atoms with Gasteiger partial charge < -0.3 is 11.1 Å². The van der Waals surface area contributed by atoms with E-state index in [-0.39, 0.29) is 6.04 Å². The summed E-state index contributed by atoms with van der Waals surface area (Å²) >= 11 is 1.38. The van der Waals surface area contributed by atoms with E-state index >= 15 is 0 Å². The molecule has 29 heavy (non-hydrogen) atoms. The second-order valence-corrected chi connectivity index (χ2v) is 7.61. The molecule has 0 amide bonds. The number of hydrogen-bond acceptors (Lipinski definition) is 6. The molecule has 0 unspecified atom stereocenters. The monoisotopic (exact) mass is 418 g/mol. The molecule has 0 radical (unpaired) electrons. The van der Waals surface area contributed by atoms with E-state index < -0.39 is 11.7 Å². The molecular formula is C19H17F3N6S. The number of nitrogens with one attached hydrogen (secondary N) is 2. The molecule has 2 aromatic carbocycles. The second-order valence-electron chi connectivity index (χ2n) is 6.63. The van der Waals surface area contributed by atoms with Gasteiger partial charge in [-0.25, -0.2) is 0 Å². The summed E-state index contributed by atoms with van der Waals surface area (Å²) in [5, 5.41) is 20.6. The van der Waals surface area contributed by atoms with Crippen molar-refractivity contribution < 1.29 is 13.2 Å². The van der Waals surface area contributed by atoms with Gasteiger partial charge in [0.15, 0.2) is 0 Å². The minimum Gasteiger partial charge on any atom is -0.359 e. The summed E-state index contributed by atoms with van der Waals surface area (Å²) in [7, 11) is 0. The average Bonchev–Trinajstić information content (AvgIpc) is 3.34. The molecule has 0 aliphatic carbocycles. The molecule has 0 aliphatic heterocycles. The maximum atomic E-state index is 12.8. The SMILES string of the molecule is N[C@H](CNc1nnc(-c2ccc3[nH]ncc3c2)s1)Cc1cccc(C(F)(F)F)c1. The Hall–Kier alpha value is -2.98. The quantitative estimate of drug-likeness (QED) is 0.439. The van der Waals surface area contributed by atoms with Gasteiger partial charge in [0.1, 0.15) is 5.01 Å². The van der Waals surface area contributed by atoms with E-state index in [1.165, 1.54) is 17.4 Å². The average molecular weight is 418 g/mol. The van der Waals surface area contributed by atoms with Gasteiger partial charge in [0, 0.05) is 23.5 Å². The van der Waals surface area contributed by atoms with Crippen molar-refractivity contribution in [3.8, 4) is 10.6 Å². The van der Waals surface area contributed by atoms with Crippen molar-refractivity contribution in [3.05, 3.63) is 59.8 Å². The van der Waals surface area contributed by atoms with Crippen LogP contribution in [0.15, 0.2) is 48.7 Å². The smallest absolute Gasteiger partial charge is 0.359 e. The molecule has 0 spiro atoms. The second kappa shape index (κ2) is 7.80. The fourth-order valence-electron chi connectivity index (χ4n) is 2.96. The molecule has 4 rings (SSSR count). The molecule has 2 heterocycles. The summed E-state index contributed by atoms with van der Waals surface area (Å²) in [6.45, 7) is 0.367. The van der Waals surface area contributed by atoms with Crippen LogP contribution in [0.1, 0.15) is 11.1 Å². The Labute approximate surface area is 168 Å². The summed E-state index contributed by atoms with van der Waals surface area (Å²) < 4.78 is 38.5. The van der Waals surface area contributed by atoms with Gasteiger partial charge in [-0.1, -0.05) is 29.5 Å². The van der Waals surface area contributed by atoms with Crippen LogP contribution in [-0.4, -0.2) is 33.0 Å².